The lowest BCUT2D eigenvalue weighted by Crippen LogP contribution is -2.35. The Morgan fingerprint density at radius 1 is 1.02 bits per heavy atom. The van der Waals surface area contributed by atoms with Gasteiger partial charge < -0.3 is 15.7 Å². The van der Waals surface area contributed by atoms with Crippen LogP contribution >= 0.6 is 0 Å². The van der Waals surface area contributed by atoms with Gasteiger partial charge in [-0.2, -0.15) is 9.19 Å². The second-order valence-electron chi connectivity index (χ2n) is 10.7. The number of aliphatic hydroxyl groups is 1. The molecule has 4 aromatic rings. The Hall–Kier alpha value is -4.30. The van der Waals surface area contributed by atoms with Gasteiger partial charge in [-0.25, -0.2) is 28.4 Å². The van der Waals surface area contributed by atoms with Crippen LogP contribution in [0.4, 0.5) is 17.3 Å². The van der Waals surface area contributed by atoms with Crippen LogP contribution in [0, 0.1) is 0 Å². The summed E-state index contributed by atoms with van der Waals surface area (Å²) in [5, 5.41) is 20.8. The molecule has 0 saturated heterocycles. The Bertz CT molecular complexity index is 1680. The number of hydrogen-bond acceptors (Lipinski definition) is 12. The van der Waals surface area contributed by atoms with Crippen LogP contribution in [0.1, 0.15) is 55.9 Å². The number of carbonyl (C=O) groups is 1. The molecule has 2 saturated carbocycles. The minimum Gasteiger partial charge on any atom is -0.390 e. The third-order valence-electron chi connectivity index (χ3n) is 7.33. The van der Waals surface area contributed by atoms with Gasteiger partial charge in [0, 0.05) is 35.8 Å². The van der Waals surface area contributed by atoms with Gasteiger partial charge in [0.1, 0.15) is 17.3 Å². The van der Waals surface area contributed by atoms with Crippen molar-refractivity contribution in [2.75, 3.05) is 10.6 Å². The van der Waals surface area contributed by atoms with Crippen molar-refractivity contribution in [2.24, 2.45) is 0 Å². The van der Waals surface area contributed by atoms with E-state index >= 15 is 0 Å². The molecule has 0 spiro atoms. The summed E-state index contributed by atoms with van der Waals surface area (Å²) in [6, 6.07) is 3.67. The molecule has 4 heterocycles. The van der Waals surface area contributed by atoms with E-state index in [1.54, 1.807) is 18.5 Å². The van der Waals surface area contributed by atoms with E-state index in [1.165, 1.54) is 24.8 Å². The number of hydrogen-bond donors (Lipinski definition) is 3. The summed E-state index contributed by atoms with van der Waals surface area (Å²) in [6.07, 6.45) is 14.0. The maximum atomic E-state index is 12.5. The van der Waals surface area contributed by atoms with Crippen molar-refractivity contribution in [3.63, 3.8) is 0 Å². The van der Waals surface area contributed by atoms with E-state index in [0.29, 0.717) is 66.3 Å². The van der Waals surface area contributed by atoms with Gasteiger partial charge in [0.05, 0.1) is 46.9 Å². The number of anilines is 3. The van der Waals surface area contributed by atoms with E-state index in [9.17, 15) is 18.3 Å². The maximum Gasteiger partial charge on any atom is 0.256 e. The summed E-state index contributed by atoms with van der Waals surface area (Å²) in [6.45, 7) is 1.86. The highest BCUT2D eigenvalue weighted by atomic mass is 32.2. The molecule has 0 unspecified atom stereocenters. The fraction of sp³-hybridized carbons (Fsp3) is 0.370. The summed E-state index contributed by atoms with van der Waals surface area (Å²) >= 11 is 0. The molecular formula is C27H29N9O4S. The normalized spacial score (nSPS) is 20.9. The molecule has 0 atom stereocenters. The first-order valence-corrected chi connectivity index (χ1v) is 14.9. The first-order chi connectivity index (χ1) is 19.7. The van der Waals surface area contributed by atoms with Crippen molar-refractivity contribution < 1.29 is 18.3 Å². The van der Waals surface area contributed by atoms with Gasteiger partial charge in [-0.15, -0.1) is 0 Å². The number of pyridine rings is 1. The third kappa shape index (κ3) is 5.93. The fourth-order valence-corrected chi connectivity index (χ4v) is 6.24. The predicted octanol–water partition coefficient (Wildman–Crippen LogP) is 3.19. The average molecular weight is 576 g/mol. The lowest BCUT2D eigenvalue weighted by Gasteiger charge is -2.34. The molecule has 41 heavy (non-hydrogen) atoms. The second kappa shape index (κ2) is 10.6. The number of aldehydes is 1. The van der Waals surface area contributed by atoms with Crippen molar-refractivity contribution in [1.29, 1.82) is 0 Å². The molecule has 0 radical (unpaired) electrons. The number of carbonyl (C=O) groups excluding carboxylic acids is 1. The van der Waals surface area contributed by atoms with E-state index in [-0.39, 0.29) is 17.0 Å². The summed E-state index contributed by atoms with van der Waals surface area (Å²) in [5.41, 5.74) is 2.09. The molecule has 13 nitrogen and oxygen atoms in total. The van der Waals surface area contributed by atoms with Crippen LogP contribution in [0.25, 0.3) is 22.6 Å². The van der Waals surface area contributed by atoms with E-state index in [1.807, 2.05) is 13.0 Å². The number of rotatable bonds is 9. The summed E-state index contributed by atoms with van der Waals surface area (Å²) in [4.78, 5) is 33.0. The van der Waals surface area contributed by atoms with Crippen LogP contribution in [-0.4, -0.2) is 70.8 Å². The monoisotopic (exact) mass is 575 g/mol. The van der Waals surface area contributed by atoms with Crippen molar-refractivity contribution in [3.8, 4) is 22.6 Å². The molecule has 6 rings (SSSR count). The average Bonchev–Trinajstić information content (AvgIpc) is 3.72. The van der Waals surface area contributed by atoms with Crippen LogP contribution in [0.3, 0.4) is 0 Å². The quantitative estimate of drug-likeness (QED) is 0.249. The van der Waals surface area contributed by atoms with Gasteiger partial charge in [-0.3, -0.25) is 9.78 Å². The minimum absolute atomic E-state index is 0.139. The maximum absolute atomic E-state index is 12.5. The van der Waals surface area contributed by atoms with E-state index in [4.69, 9.17) is 0 Å². The first-order valence-electron chi connectivity index (χ1n) is 13.4. The molecule has 212 valence electrons. The van der Waals surface area contributed by atoms with Crippen LogP contribution in [0.5, 0.6) is 0 Å². The van der Waals surface area contributed by atoms with Crippen molar-refractivity contribution in [2.45, 2.75) is 62.3 Å². The summed E-state index contributed by atoms with van der Waals surface area (Å²) < 4.78 is 26.0. The summed E-state index contributed by atoms with van der Waals surface area (Å²) in [5.74, 6) is 1.29. The van der Waals surface area contributed by atoms with Crippen LogP contribution in [-0.2, 0) is 10.0 Å². The zero-order chi connectivity index (χ0) is 28.6. The highest BCUT2D eigenvalue weighted by Crippen LogP contribution is 2.34. The lowest BCUT2D eigenvalue weighted by molar-refractivity contribution is 0.0196. The number of nitrogens with one attached hydrogen (secondary N) is 2. The second-order valence-corrected chi connectivity index (χ2v) is 12.8. The van der Waals surface area contributed by atoms with Crippen LogP contribution in [0.15, 0.2) is 49.3 Å². The molecule has 2 aliphatic rings. The SMILES string of the molecule is CC1(O)CCC(Nc2cc(Nc3ccnc(-c4cnn(S(=O)(=O)C5CC5)c4)n3)ncc2-c2cnc(C=O)cn2)CC1. The molecule has 0 amide bonds. The minimum atomic E-state index is -3.49. The van der Waals surface area contributed by atoms with Crippen molar-refractivity contribution in [3.05, 3.63) is 55.0 Å². The highest BCUT2D eigenvalue weighted by Gasteiger charge is 2.37. The Kier molecular flexibility index (Phi) is 6.95. The molecule has 2 fully saturated rings. The Morgan fingerprint density at radius 2 is 1.83 bits per heavy atom. The molecule has 3 N–H and O–H groups in total. The lowest BCUT2D eigenvalue weighted by atomic mass is 9.83. The molecule has 4 aromatic heterocycles. The molecule has 2 aliphatic carbocycles. The third-order valence-corrected chi connectivity index (χ3v) is 9.37. The smallest absolute Gasteiger partial charge is 0.256 e. The van der Waals surface area contributed by atoms with Crippen molar-refractivity contribution in [1.82, 2.24) is 34.1 Å². The highest BCUT2D eigenvalue weighted by molar-refractivity contribution is 7.90. The van der Waals surface area contributed by atoms with Crippen LogP contribution < -0.4 is 10.6 Å². The van der Waals surface area contributed by atoms with E-state index in [0.717, 1.165) is 22.6 Å². The van der Waals surface area contributed by atoms with E-state index < -0.39 is 15.6 Å². The zero-order valence-electron chi connectivity index (χ0n) is 22.3. The zero-order valence-corrected chi connectivity index (χ0v) is 23.1. The van der Waals surface area contributed by atoms with Gasteiger partial charge in [0.2, 0.25) is 0 Å². The fourth-order valence-electron chi connectivity index (χ4n) is 4.77. The molecular weight excluding hydrogens is 546 g/mol. The van der Waals surface area contributed by atoms with Gasteiger partial charge in [0.15, 0.2) is 12.1 Å². The molecule has 0 aliphatic heterocycles. The predicted molar refractivity (Wildman–Crippen MR) is 151 cm³/mol. The molecule has 0 aromatic carbocycles. The Balaban J connectivity index is 1.26. The Morgan fingerprint density at radius 3 is 2.54 bits per heavy atom. The van der Waals surface area contributed by atoms with Crippen molar-refractivity contribution >= 4 is 33.6 Å². The number of nitrogens with zero attached hydrogens (tertiary/aromatic N) is 7. The van der Waals surface area contributed by atoms with Gasteiger partial charge in [0.25, 0.3) is 10.0 Å². The van der Waals surface area contributed by atoms with Gasteiger partial charge in [-0.1, -0.05) is 0 Å². The molecule has 14 heteroatoms. The van der Waals surface area contributed by atoms with Crippen LogP contribution in [0.2, 0.25) is 0 Å². The number of aromatic nitrogens is 7. The van der Waals surface area contributed by atoms with Gasteiger partial charge >= 0.3 is 0 Å². The summed E-state index contributed by atoms with van der Waals surface area (Å²) in [7, 11) is -3.49. The standard InChI is InChI=1S/C27H29N9O4S/c1-27(38)7-4-18(5-8-27)33-22-10-25(31-13-21(22)23-14-29-19(16-37)12-30-23)34-24-6-9-28-26(35-24)17-11-32-36(15-17)41(39,40)20-2-3-20/h6,9-16,18,20,38H,2-5,7-8H2,1H3,(H2,28,31,33,34,35). The molecule has 0 bridgehead atoms. The Labute approximate surface area is 236 Å². The van der Waals surface area contributed by atoms with E-state index in [2.05, 4.69) is 40.7 Å². The van der Waals surface area contributed by atoms with Gasteiger partial charge in [-0.05, 0) is 51.5 Å². The largest absolute Gasteiger partial charge is 0.390 e. The topological polar surface area (TPSA) is 178 Å². The first kappa shape index (κ1) is 26.9.